The summed E-state index contributed by atoms with van der Waals surface area (Å²) in [4.78, 5) is 9.99. The number of hydrogen-bond donors (Lipinski definition) is 0. The van der Waals surface area contributed by atoms with Gasteiger partial charge in [0.25, 0.3) is 5.69 Å². The van der Waals surface area contributed by atoms with E-state index in [0.29, 0.717) is 10.9 Å². The molecular weight excluding hydrogens is 241 g/mol. The Bertz CT molecular complexity index is 354. The molecule has 70 valence electrons. The predicted molar refractivity (Wildman–Crippen MR) is 50.1 cm³/mol. The van der Waals surface area contributed by atoms with Crippen molar-refractivity contribution in [3.05, 3.63) is 38.1 Å². The van der Waals surface area contributed by atoms with Gasteiger partial charge in [-0.3, -0.25) is 10.1 Å². The largest absolute Gasteiger partial charge is 0.289 e. The molecule has 0 aliphatic rings. The van der Waals surface area contributed by atoms with Gasteiger partial charge in [-0.25, -0.2) is 4.39 Å². The summed E-state index contributed by atoms with van der Waals surface area (Å²) >= 11 is 3.01. The molecule has 0 saturated heterocycles. The molecule has 0 aliphatic heterocycles. The van der Waals surface area contributed by atoms with Crippen molar-refractivity contribution in [3.8, 4) is 0 Å². The average Bonchev–Trinajstić information content (AvgIpc) is 2.07. The van der Waals surface area contributed by atoms with Gasteiger partial charge in [-0.2, -0.15) is 0 Å². The topological polar surface area (TPSA) is 43.1 Å². The lowest BCUT2D eigenvalue weighted by molar-refractivity contribution is -0.386. The second kappa shape index (κ2) is 3.83. The highest BCUT2D eigenvalue weighted by Crippen LogP contribution is 2.30. The van der Waals surface area contributed by atoms with E-state index < -0.39 is 10.7 Å². The van der Waals surface area contributed by atoms with Gasteiger partial charge < -0.3 is 0 Å². The van der Waals surface area contributed by atoms with E-state index in [-0.39, 0.29) is 11.3 Å². The van der Waals surface area contributed by atoms with Gasteiger partial charge in [0.1, 0.15) is 5.82 Å². The minimum Gasteiger partial charge on any atom is -0.258 e. The molecule has 0 saturated carbocycles. The molecule has 1 aromatic rings. The van der Waals surface area contributed by atoms with Crippen LogP contribution in [-0.2, 0) is 6.42 Å². The van der Waals surface area contributed by atoms with E-state index in [2.05, 4.69) is 15.9 Å². The first-order valence-corrected chi connectivity index (χ1v) is 4.48. The van der Waals surface area contributed by atoms with E-state index in [1.807, 2.05) is 0 Å². The van der Waals surface area contributed by atoms with E-state index in [4.69, 9.17) is 0 Å². The summed E-state index contributed by atoms with van der Waals surface area (Å²) < 4.78 is 13.4. The monoisotopic (exact) mass is 247 g/mol. The van der Waals surface area contributed by atoms with Gasteiger partial charge in [0.05, 0.1) is 15.0 Å². The number of benzene rings is 1. The quantitative estimate of drug-likeness (QED) is 0.596. The minimum absolute atomic E-state index is 0.138. The van der Waals surface area contributed by atoms with Crippen LogP contribution in [0.4, 0.5) is 10.1 Å². The Kier molecular flexibility index (Phi) is 2.98. The number of hydrogen-bond acceptors (Lipinski definition) is 2. The zero-order valence-corrected chi connectivity index (χ0v) is 8.47. The number of nitro groups is 1. The maximum absolute atomic E-state index is 13.1. The minimum atomic E-state index is -0.577. The van der Waals surface area contributed by atoms with Crippen LogP contribution in [0.5, 0.6) is 0 Å². The molecule has 0 N–H and O–H groups in total. The van der Waals surface area contributed by atoms with Crippen molar-refractivity contribution in [1.82, 2.24) is 0 Å². The first kappa shape index (κ1) is 10.1. The highest BCUT2D eigenvalue weighted by molar-refractivity contribution is 9.10. The smallest absolute Gasteiger partial charge is 0.258 e. The van der Waals surface area contributed by atoms with Crippen molar-refractivity contribution in [2.45, 2.75) is 13.3 Å². The van der Waals surface area contributed by atoms with Gasteiger partial charge in [-0.15, -0.1) is 0 Å². The molecule has 0 bridgehead atoms. The second-order valence-corrected chi connectivity index (χ2v) is 3.32. The van der Waals surface area contributed by atoms with E-state index in [1.165, 1.54) is 12.1 Å². The van der Waals surface area contributed by atoms with Crippen LogP contribution in [0, 0.1) is 15.9 Å². The van der Waals surface area contributed by atoms with Crippen molar-refractivity contribution in [1.29, 1.82) is 0 Å². The molecule has 0 fully saturated rings. The van der Waals surface area contributed by atoms with Gasteiger partial charge in [-0.05, 0) is 34.5 Å². The Morgan fingerprint density at radius 3 is 2.62 bits per heavy atom. The zero-order valence-electron chi connectivity index (χ0n) is 6.88. The molecule has 0 unspecified atom stereocenters. The lowest BCUT2D eigenvalue weighted by Crippen LogP contribution is -1.98. The molecule has 0 amide bonds. The molecule has 0 spiro atoms. The Morgan fingerprint density at radius 2 is 2.23 bits per heavy atom. The van der Waals surface area contributed by atoms with Crippen LogP contribution in [-0.4, -0.2) is 4.92 Å². The Hall–Kier alpha value is -0.970. The molecule has 0 aromatic heterocycles. The molecule has 0 aliphatic carbocycles. The average molecular weight is 248 g/mol. The van der Waals surface area contributed by atoms with Crippen molar-refractivity contribution in [2.24, 2.45) is 0 Å². The van der Waals surface area contributed by atoms with Crippen LogP contribution in [0.15, 0.2) is 16.6 Å². The molecule has 0 radical (unpaired) electrons. The number of nitro benzene ring substituents is 1. The molecular formula is C8H7BrFNO2. The van der Waals surface area contributed by atoms with Crippen molar-refractivity contribution in [3.63, 3.8) is 0 Å². The van der Waals surface area contributed by atoms with Crippen molar-refractivity contribution in [2.75, 3.05) is 0 Å². The molecule has 5 heteroatoms. The second-order valence-electron chi connectivity index (χ2n) is 2.47. The van der Waals surface area contributed by atoms with Crippen LogP contribution < -0.4 is 0 Å². The van der Waals surface area contributed by atoms with Gasteiger partial charge >= 0.3 is 0 Å². The lowest BCUT2D eigenvalue weighted by Gasteiger charge is -2.02. The fraction of sp³-hybridized carbons (Fsp3) is 0.250. The maximum Gasteiger partial charge on any atom is 0.289 e. The molecule has 3 nitrogen and oxygen atoms in total. The SMILES string of the molecule is CCc1c(F)ccc(Br)c1[N+](=O)[O-]. The van der Waals surface area contributed by atoms with Gasteiger partial charge in [0, 0.05) is 0 Å². The fourth-order valence-corrected chi connectivity index (χ4v) is 1.63. The highest BCUT2D eigenvalue weighted by atomic mass is 79.9. The number of rotatable bonds is 2. The molecule has 13 heavy (non-hydrogen) atoms. The highest BCUT2D eigenvalue weighted by Gasteiger charge is 2.20. The summed E-state index contributed by atoms with van der Waals surface area (Å²) in [5, 5.41) is 10.6. The van der Waals surface area contributed by atoms with Crippen LogP contribution in [0.2, 0.25) is 0 Å². The summed E-state index contributed by atoms with van der Waals surface area (Å²) in [6.45, 7) is 1.68. The summed E-state index contributed by atoms with van der Waals surface area (Å²) in [6, 6.07) is 2.56. The number of halogens is 2. The summed E-state index contributed by atoms with van der Waals surface area (Å²) in [7, 11) is 0. The van der Waals surface area contributed by atoms with Gasteiger partial charge in [-0.1, -0.05) is 6.92 Å². The predicted octanol–water partition coefficient (Wildman–Crippen LogP) is 3.06. The third-order valence-corrected chi connectivity index (χ3v) is 2.35. The maximum atomic E-state index is 13.1. The van der Waals surface area contributed by atoms with E-state index in [9.17, 15) is 14.5 Å². The standard InChI is InChI=1S/C8H7BrFNO2/c1-2-5-7(10)4-3-6(9)8(5)11(12)13/h3-4H,2H2,1H3. The lowest BCUT2D eigenvalue weighted by atomic mass is 10.1. The fourth-order valence-electron chi connectivity index (χ4n) is 1.12. The first-order valence-electron chi connectivity index (χ1n) is 3.69. The van der Waals surface area contributed by atoms with Crippen molar-refractivity contribution >= 4 is 21.6 Å². The van der Waals surface area contributed by atoms with Gasteiger partial charge in [0.2, 0.25) is 0 Å². The summed E-state index contributed by atoms with van der Waals surface area (Å²) in [6.07, 6.45) is 0.307. The molecule has 1 rings (SSSR count). The zero-order chi connectivity index (χ0) is 10.0. The number of nitrogens with zero attached hydrogens (tertiary/aromatic N) is 1. The Balaban J connectivity index is 3.43. The first-order chi connectivity index (χ1) is 6.07. The normalized spacial score (nSPS) is 10.1. The molecule has 0 heterocycles. The molecule has 1 aromatic carbocycles. The third kappa shape index (κ3) is 1.85. The van der Waals surface area contributed by atoms with Crippen LogP contribution in [0.1, 0.15) is 12.5 Å². The summed E-state index contributed by atoms with van der Waals surface area (Å²) in [5.41, 5.74) is -0.0399. The van der Waals surface area contributed by atoms with Crippen molar-refractivity contribution < 1.29 is 9.31 Å². The Labute approximate surface area is 82.8 Å². The van der Waals surface area contributed by atoms with Crippen LogP contribution in [0.3, 0.4) is 0 Å². The van der Waals surface area contributed by atoms with E-state index in [1.54, 1.807) is 6.92 Å². The van der Waals surface area contributed by atoms with Gasteiger partial charge in [0.15, 0.2) is 0 Å². The Morgan fingerprint density at radius 1 is 1.62 bits per heavy atom. The third-order valence-electron chi connectivity index (χ3n) is 1.71. The van der Waals surface area contributed by atoms with Crippen LogP contribution >= 0.6 is 15.9 Å². The molecule has 0 atom stereocenters. The summed E-state index contributed by atoms with van der Waals surface area (Å²) in [5.74, 6) is -0.530. The van der Waals surface area contributed by atoms with E-state index >= 15 is 0 Å². The van der Waals surface area contributed by atoms with E-state index in [0.717, 1.165) is 0 Å². The van der Waals surface area contributed by atoms with Crippen LogP contribution in [0.25, 0.3) is 0 Å².